The molecule has 0 fully saturated rings. The second-order valence-corrected chi connectivity index (χ2v) is 8.57. The molecule has 2 aromatic carbocycles. The van der Waals surface area contributed by atoms with Gasteiger partial charge in [-0.25, -0.2) is 13.6 Å². The van der Waals surface area contributed by atoms with Gasteiger partial charge in [-0.05, 0) is 41.5 Å². The summed E-state index contributed by atoms with van der Waals surface area (Å²) < 4.78 is 63.0. The second-order valence-electron chi connectivity index (χ2n) is 6.57. The number of halogens is 4. The van der Waals surface area contributed by atoms with Crippen molar-refractivity contribution in [3.63, 3.8) is 0 Å². The molecule has 0 saturated carbocycles. The van der Waals surface area contributed by atoms with Gasteiger partial charge in [-0.1, -0.05) is 35.9 Å². The summed E-state index contributed by atoms with van der Waals surface area (Å²) in [6, 6.07) is 11.7. The Morgan fingerprint density at radius 1 is 1.10 bits per heavy atom. The number of aromatic nitrogens is 2. The van der Waals surface area contributed by atoms with Crippen molar-refractivity contribution >= 4 is 27.5 Å². The van der Waals surface area contributed by atoms with Crippen LogP contribution in [0.1, 0.15) is 22.5 Å². The summed E-state index contributed by atoms with van der Waals surface area (Å²) in [5, 5.41) is 13.5. The molecule has 164 valence electrons. The van der Waals surface area contributed by atoms with Crippen LogP contribution in [-0.4, -0.2) is 31.6 Å². The fourth-order valence-electron chi connectivity index (χ4n) is 3.33. The third kappa shape index (κ3) is 4.16. The van der Waals surface area contributed by atoms with E-state index < -0.39 is 33.2 Å². The van der Waals surface area contributed by atoms with Crippen LogP contribution < -0.4 is 10.5 Å². The number of nitrogens with one attached hydrogen (secondary N) is 2. The zero-order valence-corrected chi connectivity index (χ0v) is 17.4. The van der Waals surface area contributed by atoms with Crippen LogP contribution >= 0.6 is 11.6 Å². The van der Waals surface area contributed by atoms with Gasteiger partial charge in [-0.15, -0.1) is 0 Å². The molecule has 3 aromatic rings. The number of nitrogens with two attached hydrogens (primary N) is 1. The summed E-state index contributed by atoms with van der Waals surface area (Å²) in [7, 11) is -2.71. The Balaban J connectivity index is 2.38. The Labute approximate surface area is 180 Å². The number of carbonyl (C=O) groups is 1. The molecule has 0 spiro atoms. The topological polar surface area (TPSA) is 118 Å². The summed E-state index contributed by atoms with van der Waals surface area (Å²) in [6.07, 6.45) is -4.75. The maximum absolute atomic E-state index is 13.3. The van der Waals surface area contributed by atoms with E-state index in [-0.39, 0.29) is 26.7 Å². The first-order valence-electron chi connectivity index (χ1n) is 8.65. The summed E-state index contributed by atoms with van der Waals surface area (Å²) in [6.45, 7) is 0. The maximum atomic E-state index is 13.3. The van der Waals surface area contributed by atoms with E-state index in [9.17, 15) is 26.4 Å². The lowest BCUT2D eigenvalue weighted by molar-refractivity contribution is -0.141. The van der Waals surface area contributed by atoms with Crippen molar-refractivity contribution in [2.24, 2.45) is 5.14 Å². The van der Waals surface area contributed by atoms with Crippen LogP contribution in [0.3, 0.4) is 0 Å². The number of amides is 1. The SMILES string of the molecule is CNC(=O)C(c1ccc(S(N)(=O)=O)cc1)(c1cccc(Cl)c1)c1cc(C(F)(F)F)n[nH]1. The van der Waals surface area contributed by atoms with Crippen molar-refractivity contribution in [3.05, 3.63) is 82.1 Å². The van der Waals surface area contributed by atoms with Gasteiger partial charge in [0.25, 0.3) is 0 Å². The van der Waals surface area contributed by atoms with Gasteiger partial charge < -0.3 is 5.32 Å². The highest BCUT2D eigenvalue weighted by atomic mass is 35.5. The number of nitrogens with zero attached hydrogens (tertiary/aromatic N) is 1. The van der Waals surface area contributed by atoms with E-state index in [4.69, 9.17) is 16.7 Å². The largest absolute Gasteiger partial charge is 0.435 e. The molecule has 0 aliphatic heterocycles. The Morgan fingerprint density at radius 3 is 2.23 bits per heavy atom. The molecule has 7 nitrogen and oxygen atoms in total. The van der Waals surface area contributed by atoms with E-state index in [1.165, 1.54) is 43.4 Å². The van der Waals surface area contributed by atoms with Crippen LogP contribution in [0.5, 0.6) is 0 Å². The molecule has 4 N–H and O–H groups in total. The molecular formula is C19H16ClF3N4O3S. The fraction of sp³-hybridized carbons (Fsp3) is 0.158. The van der Waals surface area contributed by atoms with E-state index in [0.29, 0.717) is 0 Å². The third-order valence-corrected chi connectivity index (χ3v) is 5.88. The highest BCUT2D eigenvalue weighted by molar-refractivity contribution is 7.89. The van der Waals surface area contributed by atoms with Crippen molar-refractivity contribution in [1.29, 1.82) is 0 Å². The Morgan fingerprint density at radius 2 is 1.74 bits per heavy atom. The number of alkyl halides is 3. The van der Waals surface area contributed by atoms with Crippen LogP contribution in [0.2, 0.25) is 5.02 Å². The zero-order chi connectivity index (χ0) is 23.0. The average Bonchev–Trinajstić information content (AvgIpc) is 3.19. The Hall–Kier alpha value is -2.89. The molecule has 12 heteroatoms. The van der Waals surface area contributed by atoms with Crippen LogP contribution in [0.15, 0.2) is 59.5 Å². The number of carbonyl (C=O) groups excluding carboxylic acids is 1. The number of primary sulfonamides is 1. The van der Waals surface area contributed by atoms with Crippen molar-refractivity contribution in [2.75, 3.05) is 7.05 Å². The summed E-state index contributed by atoms with van der Waals surface area (Å²) in [5.74, 6) is -0.699. The lowest BCUT2D eigenvalue weighted by Gasteiger charge is -2.32. The van der Waals surface area contributed by atoms with Gasteiger partial charge in [0.15, 0.2) is 5.69 Å². The van der Waals surface area contributed by atoms with Gasteiger partial charge in [0.1, 0.15) is 5.41 Å². The lowest BCUT2D eigenvalue weighted by atomic mass is 9.71. The molecule has 0 aliphatic rings. The van der Waals surface area contributed by atoms with Gasteiger partial charge in [0, 0.05) is 12.1 Å². The molecule has 3 rings (SSSR count). The number of benzene rings is 2. The van der Waals surface area contributed by atoms with Gasteiger partial charge in [-0.3, -0.25) is 9.89 Å². The molecule has 1 atom stereocenters. The van der Waals surface area contributed by atoms with E-state index in [2.05, 4.69) is 15.5 Å². The van der Waals surface area contributed by atoms with E-state index >= 15 is 0 Å². The number of hydrogen-bond donors (Lipinski definition) is 3. The van der Waals surface area contributed by atoms with E-state index in [1.54, 1.807) is 0 Å². The first-order chi connectivity index (χ1) is 14.4. The smallest absolute Gasteiger partial charge is 0.358 e. The highest BCUT2D eigenvalue weighted by Gasteiger charge is 2.47. The normalized spacial score (nSPS) is 14.1. The van der Waals surface area contributed by atoms with Gasteiger partial charge in [0.05, 0.1) is 10.6 Å². The highest BCUT2D eigenvalue weighted by Crippen LogP contribution is 2.41. The van der Waals surface area contributed by atoms with E-state index in [1.807, 2.05) is 0 Å². The van der Waals surface area contributed by atoms with Gasteiger partial charge in [-0.2, -0.15) is 18.3 Å². The quantitative estimate of drug-likeness (QED) is 0.529. The summed E-state index contributed by atoms with van der Waals surface area (Å²) in [5.41, 5.74) is -2.87. The maximum Gasteiger partial charge on any atom is 0.435 e. The molecule has 31 heavy (non-hydrogen) atoms. The standard InChI is InChI=1S/C19H16ClF3N4O3S/c1-25-17(28)18(12-3-2-4-13(20)9-12,15-10-16(27-26-15)19(21,22)23)11-5-7-14(8-6-11)31(24,29)30/h2-10H,1H3,(H,25,28)(H,26,27)(H2,24,29,30). The minimum Gasteiger partial charge on any atom is -0.358 e. The molecule has 0 radical (unpaired) electrons. The molecule has 0 bridgehead atoms. The van der Waals surface area contributed by atoms with Crippen molar-refractivity contribution in [2.45, 2.75) is 16.5 Å². The van der Waals surface area contributed by atoms with Crippen LogP contribution in [0, 0.1) is 0 Å². The first kappa shape index (κ1) is 22.8. The molecule has 1 amide bonds. The molecular weight excluding hydrogens is 457 g/mol. The molecule has 1 unspecified atom stereocenters. The van der Waals surface area contributed by atoms with Gasteiger partial charge in [0.2, 0.25) is 15.9 Å². The second kappa shape index (κ2) is 7.98. The summed E-state index contributed by atoms with van der Waals surface area (Å²) in [4.78, 5) is 13.0. The van der Waals surface area contributed by atoms with Crippen LogP contribution in [-0.2, 0) is 26.4 Å². The van der Waals surface area contributed by atoms with E-state index in [0.717, 1.165) is 18.2 Å². The number of sulfonamides is 1. The summed E-state index contributed by atoms with van der Waals surface area (Å²) >= 11 is 6.10. The Bertz CT molecular complexity index is 1230. The Kier molecular flexibility index (Phi) is 5.87. The predicted molar refractivity (Wildman–Crippen MR) is 107 cm³/mol. The number of aromatic amines is 1. The van der Waals surface area contributed by atoms with Crippen LogP contribution in [0.4, 0.5) is 13.2 Å². The first-order valence-corrected chi connectivity index (χ1v) is 10.6. The van der Waals surface area contributed by atoms with Gasteiger partial charge >= 0.3 is 6.18 Å². The molecule has 1 aromatic heterocycles. The number of likely N-dealkylation sites (N-methyl/N-ethyl adjacent to an activating group) is 1. The number of H-pyrrole nitrogens is 1. The molecule has 0 saturated heterocycles. The van der Waals surface area contributed by atoms with Crippen molar-refractivity contribution in [1.82, 2.24) is 15.5 Å². The molecule has 0 aliphatic carbocycles. The number of hydrogen-bond acceptors (Lipinski definition) is 4. The van der Waals surface area contributed by atoms with Crippen molar-refractivity contribution in [3.8, 4) is 0 Å². The van der Waals surface area contributed by atoms with Crippen LogP contribution in [0.25, 0.3) is 0 Å². The van der Waals surface area contributed by atoms with Crippen molar-refractivity contribution < 1.29 is 26.4 Å². The zero-order valence-electron chi connectivity index (χ0n) is 15.9. The minimum atomic E-state index is -4.75. The predicted octanol–water partition coefficient (Wildman–Crippen LogP) is 2.81. The molecule has 1 heterocycles. The third-order valence-electron chi connectivity index (χ3n) is 4.71. The monoisotopic (exact) mass is 472 g/mol. The fourth-order valence-corrected chi connectivity index (χ4v) is 4.03. The number of rotatable bonds is 5. The minimum absolute atomic E-state index is 0.166. The average molecular weight is 473 g/mol. The lowest BCUT2D eigenvalue weighted by Crippen LogP contribution is -2.45.